The van der Waals surface area contributed by atoms with Gasteiger partial charge in [0.1, 0.15) is 0 Å². The number of halogens is 1. The zero-order chi connectivity index (χ0) is 15.6. The van der Waals surface area contributed by atoms with Crippen LogP contribution in [0.4, 0.5) is 0 Å². The van der Waals surface area contributed by atoms with Crippen LogP contribution in [0.5, 0.6) is 0 Å². The molecule has 0 radical (unpaired) electrons. The standard InChI is InChI=1S/C12H23ClN4O2S/c1-5-6-17(9-12(2,3)8-14)20(18,19)11-10(13)7-15-16(11)4/h7H,5-6,8-9,14H2,1-4H3. The van der Waals surface area contributed by atoms with Crippen molar-refractivity contribution in [3.8, 4) is 0 Å². The maximum Gasteiger partial charge on any atom is 0.261 e. The summed E-state index contributed by atoms with van der Waals surface area (Å²) in [5, 5.41) is 4.06. The molecule has 0 unspecified atom stereocenters. The quantitative estimate of drug-likeness (QED) is 0.824. The fourth-order valence-electron chi connectivity index (χ4n) is 1.89. The van der Waals surface area contributed by atoms with E-state index in [1.807, 2.05) is 20.8 Å². The zero-order valence-electron chi connectivity index (χ0n) is 12.4. The molecule has 6 nitrogen and oxygen atoms in total. The Kier molecular flexibility index (Phi) is 5.60. The number of rotatable bonds is 7. The second kappa shape index (κ2) is 6.43. The Labute approximate surface area is 125 Å². The van der Waals surface area contributed by atoms with Crippen LogP contribution in [0.2, 0.25) is 5.02 Å². The third kappa shape index (κ3) is 3.72. The highest BCUT2D eigenvalue weighted by Crippen LogP contribution is 2.26. The van der Waals surface area contributed by atoms with Crippen molar-refractivity contribution in [3.05, 3.63) is 11.2 Å². The van der Waals surface area contributed by atoms with E-state index in [1.54, 1.807) is 7.05 Å². The number of nitrogens with two attached hydrogens (primary N) is 1. The third-order valence-corrected chi connectivity index (χ3v) is 5.41. The van der Waals surface area contributed by atoms with Gasteiger partial charge in [0.25, 0.3) is 10.0 Å². The van der Waals surface area contributed by atoms with Crippen molar-refractivity contribution in [2.75, 3.05) is 19.6 Å². The Morgan fingerprint density at radius 3 is 2.50 bits per heavy atom. The molecule has 1 rings (SSSR count). The minimum atomic E-state index is -3.68. The van der Waals surface area contributed by atoms with Crippen molar-refractivity contribution in [2.45, 2.75) is 32.2 Å². The fourth-order valence-corrected chi connectivity index (χ4v) is 4.21. The summed E-state index contributed by atoms with van der Waals surface area (Å²) in [7, 11) is -2.11. The van der Waals surface area contributed by atoms with Crippen LogP contribution >= 0.6 is 11.6 Å². The second-order valence-corrected chi connectivity index (χ2v) is 7.89. The summed E-state index contributed by atoms with van der Waals surface area (Å²) >= 11 is 5.97. The summed E-state index contributed by atoms with van der Waals surface area (Å²) in [5.74, 6) is 0. The van der Waals surface area contributed by atoms with Crippen molar-refractivity contribution in [1.82, 2.24) is 14.1 Å². The van der Waals surface area contributed by atoms with Gasteiger partial charge in [-0.25, -0.2) is 8.42 Å². The lowest BCUT2D eigenvalue weighted by Gasteiger charge is -2.30. The summed E-state index contributed by atoms with van der Waals surface area (Å²) in [6, 6.07) is 0. The summed E-state index contributed by atoms with van der Waals surface area (Å²) in [6.07, 6.45) is 2.06. The molecule has 1 heterocycles. The lowest BCUT2D eigenvalue weighted by molar-refractivity contribution is 0.265. The number of nitrogens with zero attached hydrogens (tertiary/aromatic N) is 3. The molecule has 0 spiro atoms. The smallest absolute Gasteiger partial charge is 0.261 e. The van der Waals surface area contributed by atoms with Crippen LogP contribution in [-0.2, 0) is 17.1 Å². The lowest BCUT2D eigenvalue weighted by atomic mass is 9.94. The van der Waals surface area contributed by atoms with Crippen LogP contribution in [0.3, 0.4) is 0 Å². The van der Waals surface area contributed by atoms with Gasteiger partial charge >= 0.3 is 0 Å². The second-order valence-electron chi connectivity index (χ2n) is 5.63. The van der Waals surface area contributed by atoms with Gasteiger partial charge in [-0.05, 0) is 18.4 Å². The van der Waals surface area contributed by atoms with Gasteiger partial charge in [-0.2, -0.15) is 9.40 Å². The monoisotopic (exact) mass is 322 g/mol. The van der Waals surface area contributed by atoms with Gasteiger partial charge in [-0.15, -0.1) is 0 Å². The molecule has 8 heteroatoms. The molecule has 0 amide bonds. The van der Waals surface area contributed by atoms with Crippen molar-refractivity contribution >= 4 is 21.6 Å². The SMILES string of the molecule is CCCN(CC(C)(C)CN)S(=O)(=O)c1c(Cl)cnn1C. The van der Waals surface area contributed by atoms with Gasteiger partial charge in [-0.3, -0.25) is 4.68 Å². The van der Waals surface area contributed by atoms with Gasteiger partial charge in [0.15, 0.2) is 5.03 Å². The van der Waals surface area contributed by atoms with Crippen LogP contribution < -0.4 is 5.73 Å². The van der Waals surface area contributed by atoms with E-state index in [1.165, 1.54) is 15.2 Å². The molecule has 0 saturated carbocycles. The van der Waals surface area contributed by atoms with E-state index in [9.17, 15) is 8.42 Å². The van der Waals surface area contributed by atoms with Crippen LogP contribution in [-0.4, -0.2) is 42.1 Å². The first-order valence-corrected chi connectivity index (χ1v) is 8.35. The maximum atomic E-state index is 12.8. The van der Waals surface area contributed by atoms with Crippen molar-refractivity contribution in [2.24, 2.45) is 18.2 Å². The van der Waals surface area contributed by atoms with E-state index in [4.69, 9.17) is 17.3 Å². The number of hydrogen-bond donors (Lipinski definition) is 1. The molecule has 0 saturated heterocycles. The first kappa shape index (κ1) is 17.4. The van der Waals surface area contributed by atoms with Gasteiger partial charge in [0.05, 0.1) is 11.2 Å². The Balaban J connectivity index is 3.20. The highest BCUT2D eigenvalue weighted by molar-refractivity contribution is 7.89. The number of aryl methyl sites for hydroxylation is 1. The summed E-state index contributed by atoms with van der Waals surface area (Å²) in [6.45, 7) is 6.99. The molecule has 0 aliphatic heterocycles. The van der Waals surface area contributed by atoms with Gasteiger partial charge in [0.2, 0.25) is 0 Å². The molecule has 0 fully saturated rings. The molecule has 1 aromatic heterocycles. The van der Waals surface area contributed by atoms with E-state index in [0.717, 1.165) is 6.42 Å². The molecule has 0 aliphatic rings. The molecule has 0 aliphatic carbocycles. The Morgan fingerprint density at radius 2 is 2.10 bits per heavy atom. The van der Waals surface area contributed by atoms with Crippen LogP contribution in [0.1, 0.15) is 27.2 Å². The molecule has 0 bridgehead atoms. The van der Waals surface area contributed by atoms with E-state index in [2.05, 4.69) is 5.10 Å². The van der Waals surface area contributed by atoms with E-state index in [0.29, 0.717) is 19.6 Å². The van der Waals surface area contributed by atoms with Gasteiger partial charge in [0, 0.05) is 20.1 Å². The minimum Gasteiger partial charge on any atom is -0.330 e. The Hall–Kier alpha value is -0.630. The number of hydrogen-bond acceptors (Lipinski definition) is 4. The first-order chi connectivity index (χ1) is 9.15. The molecule has 2 N–H and O–H groups in total. The summed E-state index contributed by atoms with van der Waals surface area (Å²) in [5.41, 5.74) is 5.41. The zero-order valence-corrected chi connectivity index (χ0v) is 14.0. The normalized spacial score (nSPS) is 13.2. The largest absolute Gasteiger partial charge is 0.330 e. The van der Waals surface area contributed by atoms with Crippen LogP contribution in [0, 0.1) is 5.41 Å². The van der Waals surface area contributed by atoms with Crippen molar-refractivity contribution in [3.63, 3.8) is 0 Å². The lowest BCUT2D eigenvalue weighted by Crippen LogP contribution is -2.42. The molecule has 116 valence electrons. The number of sulfonamides is 1. The van der Waals surface area contributed by atoms with E-state index in [-0.39, 0.29) is 15.5 Å². The Morgan fingerprint density at radius 1 is 1.50 bits per heavy atom. The summed E-state index contributed by atoms with van der Waals surface area (Å²) < 4.78 is 28.2. The highest BCUT2D eigenvalue weighted by atomic mass is 35.5. The third-order valence-electron chi connectivity index (χ3n) is 3.06. The van der Waals surface area contributed by atoms with E-state index < -0.39 is 10.0 Å². The average molecular weight is 323 g/mol. The molecule has 0 atom stereocenters. The van der Waals surface area contributed by atoms with Crippen LogP contribution in [0.25, 0.3) is 0 Å². The molecular weight excluding hydrogens is 300 g/mol. The molecule has 0 aromatic carbocycles. The Bertz CT molecular complexity index is 534. The minimum absolute atomic E-state index is 0.0282. The fraction of sp³-hybridized carbons (Fsp3) is 0.750. The molecule has 20 heavy (non-hydrogen) atoms. The van der Waals surface area contributed by atoms with Crippen molar-refractivity contribution < 1.29 is 8.42 Å². The van der Waals surface area contributed by atoms with Crippen LogP contribution in [0.15, 0.2) is 11.2 Å². The molecule has 1 aromatic rings. The number of aromatic nitrogens is 2. The summed E-state index contributed by atoms with van der Waals surface area (Å²) in [4.78, 5) is 0. The topological polar surface area (TPSA) is 81.2 Å². The van der Waals surface area contributed by atoms with Gasteiger partial charge in [-0.1, -0.05) is 32.4 Å². The molecular formula is C12H23ClN4O2S. The van der Waals surface area contributed by atoms with E-state index >= 15 is 0 Å². The van der Waals surface area contributed by atoms with Crippen molar-refractivity contribution in [1.29, 1.82) is 0 Å². The predicted octanol–water partition coefficient (Wildman–Crippen LogP) is 1.46. The van der Waals surface area contributed by atoms with Gasteiger partial charge < -0.3 is 5.73 Å². The first-order valence-electron chi connectivity index (χ1n) is 6.53. The highest BCUT2D eigenvalue weighted by Gasteiger charge is 2.33. The predicted molar refractivity (Wildman–Crippen MR) is 80.1 cm³/mol. The maximum absolute atomic E-state index is 12.8. The average Bonchev–Trinajstić information content (AvgIpc) is 2.68.